The molecule has 3 nitrogen and oxygen atoms in total. The predicted octanol–water partition coefficient (Wildman–Crippen LogP) is 0.894. The minimum atomic E-state index is -0.888. The average molecular weight is 194 g/mol. The molecule has 1 heterocycles. The number of carboxylic acid groups (broad SMARTS) is 1. The summed E-state index contributed by atoms with van der Waals surface area (Å²) in [6, 6.07) is 0. The molecule has 11 heavy (non-hydrogen) atoms. The SMILES string of the molecule is O=C(O)COC1CSCCS1. The Balaban J connectivity index is 2.09. The summed E-state index contributed by atoms with van der Waals surface area (Å²) in [6.45, 7) is -0.168. The Kier molecular flexibility index (Phi) is 4.11. The van der Waals surface area contributed by atoms with Crippen molar-refractivity contribution in [1.82, 2.24) is 0 Å². The van der Waals surface area contributed by atoms with Crippen molar-refractivity contribution >= 4 is 29.5 Å². The van der Waals surface area contributed by atoms with Gasteiger partial charge >= 0.3 is 5.97 Å². The fourth-order valence-corrected chi connectivity index (χ4v) is 3.14. The van der Waals surface area contributed by atoms with E-state index in [2.05, 4.69) is 0 Å². The number of rotatable bonds is 3. The molecule has 1 rings (SSSR count). The van der Waals surface area contributed by atoms with Gasteiger partial charge in [-0.1, -0.05) is 0 Å². The topological polar surface area (TPSA) is 46.5 Å². The molecule has 5 heteroatoms. The maximum absolute atomic E-state index is 10.1. The van der Waals surface area contributed by atoms with Crippen LogP contribution >= 0.6 is 23.5 Å². The minimum absolute atomic E-state index is 0.0878. The molecule has 1 fully saturated rings. The second kappa shape index (κ2) is 4.90. The van der Waals surface area contributed by atoms with Crippen molar-refractivity contribution in [2.24, 2.45) is 0 Å². The summed E-state index contributed by atoms with van der Waals surface area (Å²) in [7, 11) is 0. The Morgan fingerprint density at radius 2 is 2.45 bits per heavy atom. The van der Waals surface area contributed by atoms with Crippen LogP contribution < -0.4 is 0 Å². The van der Waals surface area contributed by atoms with Gasteiger partial charge in [0, 0.05) is 17.3 Å². The van der Waals surface area contributed by atoms with Gasteiger partial charge in [0.25, 0.3) is 0 Å². The van der Waals surface area contributed by atoms with Crippen LogP contribution in [0.2, 0.25) is 0 Å². The number of carbonyl (C=O) groups is 1. The van der Waals surface area contributed by atoms with Crippen LogP contribution in [0.15, 0.2) is 0 Å². The van der Waals surface area contributed by atoms with E-state index in [1.54, 1.807) is 11.8 Å². The molecule has 0 spiro atoms. The van der Waals surface area contributed by atoms with Gasteiger partial charge in [-0.3, -0.25) is 0 Å². The van der Waals surface area contributed by atoms with Crippen LogP contribution in [0.4, 0.5) is 0 Å². The van der Waals surface area contributed by atoms with Gasteiger partial charge in [0.05, 0.1) is 0 Å². The highest BCUT2D eigenvalue weighted by atomic mass is 32.2. The van der Waals surface area contributed by atoms with Crippen LogP contribution in [0.5, 0.6) is 0 Å². The van der Waals surface area contributed by atoms with Crippen LogP contribution in [0, 0.1) is 0 Å². The number of aliphatic carboxylic acids is 1. The van der Waals surface area contributed by atoms with E-state index in [0.29, 0.717) is 0 Å². The van der Waals surface area contributed by atoms with Gasteiger partial charge in [0.2, 0.25) is 0 Å². The normalized spacial score (nSPS) is 24.9. The second-order valence-corrected chi connectivity index (χ2v) is 4.50. The molecule has 0 saturated carbocycles. The molecule has 0 radical (unpaired) electrons. The highest BCUT2D eigenvalue weighted by Crippen LogP contribution is 2.24. The van der Waals surface area contributed by atoms with Crippen molar-refractivity contribution in [3.05, 3.63) is 0 Å². The van der Waals surface area contributed by atoms with Gasteiger partial charge in [-0.25, -0.2) is 4.79 Å². The molecule has 1 saturated heterocycles. The van der Waals surface area contributed by atoms with Crippen molar-refractivity contribution in [2.45, 2.75) is 5.44 Å². The zero-order valence-corrected chi connectivity index (χ0v) is 7.62. The predicted molar refractivity (Wildman–Crippen MR) is 47.2 cm³/mol. The Bertz CT molecular complexity index is 134. The molecule has 1 atom stereocenters. The highest BCUT2D eigenvalue weighted by molar-refractivity contribution is 8.06. The van der Waals surface area contributed by atoms with Gasteiger partial charge in [-0.2, -0.15) is 11.8 Å². The molecule has 1 unspecified atom stereocenters. The van der Waals surface area contributed by atoms with Gasteiger partial charge in [-0.05, 0) is 0 Å². The highest BCUT2D eigenvalue weighted by Gasteiger charge is 2.15. The molecule has 0 amide bonds. The van der Waals surface area contributed by atoms with E-state index < -0.39 is 5.97 Å². The molecule has 0 aromatic rings. The largest absolute Gasteiger partial charge is 0.480 e. The molecule has 0 aromatic heterocycles. The fourth-order valence-electron chi connectivity index (χ4n) is 0.727. The lowest BCUT2D eigenvalue weighted by Crippen LogP contribution is -2.21. The lowest BCUT2D eigenvalue weighted by atomic mass is 10.7. The number of thioether (sulfide) groups is 2. The summed E-state index contributed by atoms with van der Waals surface area (Å²) < 4.78 is 5.09. The number of ether oxygens (including phenoxy) is 1. The van der Waals surface area contributed by atoms with Crippen molar-refractivity contribution < 1.29 is 14.6 Å². The van der Waals surface area contributed by atoms with Crippen molar-refractivity contribution in [2.75, 3.05) is 23.9 Å². The molecular weight excluding hydrogens is 184 g/mol. The molecular formula is C6H10O3S2. The van der Waals surface area contributed by atoms with Gasteiger partial charge in [0.15, 0.2) is 0 Å². The molecule has 1 N–H and O–H groups in total. The maximum Gasteiger partial charge on any atom is 0.329 e. The van der Waals surface area contributed by atoms with E-state index in [1.807, 2.05) is 11.8 Å². The minimum Gasteiger partial charge on any atom is -0.480 e. The standard InChI is InChI=1S/C6H10O3S2/c7-5(8)3-9-6-4-10-1-2-11-6/h6H,1-4H2,(H,7,8). The molecule has 1 aliphatic rings. The van der Waals surface area contributed by atoms with Crippen LogP contribution in [0.3, 0.4) is 0 Å². The van der Waals surface area contributed by atoms with E-state index in [9.17, 15) is 4.79 Å². The first kappa shape index (κ1) is 9.22. The summed E-state index contributed by atoms with van der Waals surface area (Å²) >= 11 is 3.51. The third-order valence-corrected chi connectivity index (χ3v) is 3.79. The zero-order valence-electron chi connectivity index (χ0n) is 5.99. The van der Waals surface area contributed by atoms with Crippen LogP contribution in [-0.2, 0) is 9.53 Å². The smallest absolute Gasteiger partial charge is 0.329 e. The molecule has 64 valence electrons. The first-order valence-corrected chi connectivity index (χ1v) is 5.52. The first-order valence-electron chi connectivity index (χ1n) is 3.32. The first-order chi connectivity index (χ1) is 5.29. The van der Waals surface area contributed by atoms with E-state index >= 15 is 0 Å². The lowest BCUT2D eigenvalue weighted by molar-refractivity contribution is -0.142. The monoisotopic (exact) mass is 194 g/mol. The summed E-state index contributed by atoms with van der Waals surface area (Å²) in [5.41, 5.74) is 0.0878. The Morgan fingerprint density at radius 1 is 1.64 bits per heavy atom. The third kappa shape index (κ3) is 3.88. The van der Waals surface area contributed by atoms with Crippen molar-refractivity contribution in [1.29, 1.82) is 0 Å². The Hall–Kier alpha value is 0.130. The molecule has 1 aliphatic heterocycles. The third-order valence-electron chi connectivity index (χ3n) is 1.18. The van der Waals surface area contributed by atoms with E-state index in [4.69, 9.17) is 9.84 Å². The van der Waals surface area contributed by atoms with E-state index in [-0.39, 0.29) is 12.0 Å². The summed E-state index contributed by atoms with van der Waals surface area (Å²) in [6.07, 6.45) is 0. The summed E-state index contributed by atoms with van der Waals surface area (Å²) in [5.74, 6) is 2.24. The quantitative estimate of drug-likeness (QED) is 0.723. The van der Waals surface area contributed by atoms with Gasteiger partial charge in [-0.15, -0.1) is 11.8 Å². The van der Waals surface area contributed by atoms with Crippen LogP contribution in [0.25, 0.3) is 0 Å². The maximum atomic E-state index is 10.1. The average Bonchev–Trinajstić information content (AvgIpc) is 2.03. The zero-order chi connectivity index (χ0) is 8.10. The number of hydrogen-bond donors (Lipinski definition) is 1. The Morgan fingerprint density at radius 3 is 3.00 bits per heavy atom. The lowest BCUT2D eigenvalue weighted by Gasteiger charge is -2.19. The van der Waals surface area contributed by atoms with Crippen LogP contribution in [0.1, 0.15) is 0 Å². The number of carboxylic acids is 1. The number of hydrogen-bond acceptors (Lipinski definition) is 4. The second-order valence-electron chi connectivity index (χ2n) is 2.08. The fraction of sp³-hybridized carbons (Fsp3) is 0.833. The summed E-state index contributed by atoms with van der Waals surface area (Å²) in [5, 5.41) is 8.30. The van der Waals surface area contributed by atoms with Gasteiger partial charge < -0.3 is 9.84 Å². The molecule has 0 aromatic carbocycles. The van der Waals surface area contributed by atoms with E-state index in [1.165, 1.54) is 0 Å². The Labute approximate surface area is 73.9 Å². The van der Waals surface area contributed by atoms with Crippen molar-refractivity contribution in [3.8, 4) is 0 Å². The van der Waals surface area contributed by atoms with E-state index in [0.717, 1.165) is 17.3 Å². The van der Waals surface area contributed by atoms with Gasteiger partial charge in [0.1, 0.15) is 12.0 Å². The van der Waals surface area contributed by atoms with Crippen LogP contribution in [-0.4, -0.2) is 40.4 Å². The molecule has 0 bridgehead atoms. The summed E-state index contributed by atoms with van der Waals surface area (Å²) in [4.78, 5) is 10.1. The van der Waals surface area contributed by atoms with Crippen molar-refractivity contribution in [3.63, 3.8) is 0 Å². The molecule has 0 aliphatic carbocycles.